The molecular weight excluding hydrogens is 405 g/mol. The van der Waals surface area contributed by atoms with Crippen LogP contribution in [-0.4, -0.2) is 28.3 Å². The van der Waals surface area contributed by atoms with Crippen molar-refractivity contribution in [1.29, 1.82) is 0 Å². The second-order valence-electron chi connectivity index (χ2n) is 7.44. The van der Waals surface area contributed by atoms with Gasteiger partial charge in [-0.2, -0.15) is 0 Å². The molecule has 7 heteroatoms. The zero-order valence-electron chi connectivity index (χ0n) is 15.8. The summed E-state index contributed by atoms with van der Waals surface area (Å²) in [6, 6.07) is 6.50. The van der Waals surface area contributed by atoms with E-state index in [4.69, 9.17) is 23.2 Å². The van der Waals surface area contributed by atoms with Crippen molar-refractivity contribution < 1.29 is 13.6 Å². The SMILES string of the molecule is CC(=O)c1cc(Cl)nc(CC2CCN(Cc3cccc(Cl)c3F)[C@H](C)C2)c1F. The van der Waals surface area contributed by atoms with Crippen LogP contribution in [0.2, 0.25) is 10.2 Å². The minimum Gasteiger partial charge on any atom is -0.296 e. The molecule has 3 nitrogen and oxygen atoms in total. The number of carbonyl (C=O) groups excluding carboxylic acids is 1. The molecule has 0 bridgehead atoms. The second kappa shape index (κ2) is 8.85. The first-order valence-electron chi connectivity index (χ1n) is 9.29. The highest BCUT2D eigenvalue weighted by molar-refractivity contribution is 6.30. The van der Waals surface area contributed by atoms with Crippen LogP contribution < -0.4 is 0 Å². The predicted molar refractivity (Wildman–Crippen MR) is 107 cm³/mol. The number of hydrogen-bond donors (Lipinski definition) is 0. The van der Waals surface area contributed by atoms with Gasteiger partial charge in [-0.3, -0.25) is 9.69 Å². The largest absolute Gasteiger partial charge is 0.296 e. The number of likely N-dealkylation sites (tertiary alicyclic amines) is 1. The zero-order valence-corrected chi connectivity index (χ0v) is 17.3. The van der Waals surface area contributed by atoms with Gasteiger partial charge in [0.25, 0.3) is 0 Å². The number of pyridine rings is 1. The maximum absolute atomic E-state index is 14.6. The summed E-state index contributed by atoms with van der Waals surface area (Å²) < 4.78 is 28.8. The van der Waals surface area contributed by atoms with Crippen LogP contribution in [-0.2, 0) is 13.0 Å². The highest BCUT2D eigenvalue weighted by atomic mass is 35.5. The molecule has 0 saturated carbocycles. The van der Waals surface area contributed by atoms with Gasteiger partial charge >= 0.3 is 0 Å². The number of Topliss-reactive ketones (excluding diaryl/α,β-unsaturated/α-hetero) is 1. The van der Waals surface area contributed by atoms with Gasteiger partial charge in [0.2, 0.25) is 0 Å². The lowest BCUT2D eigenvalue weighted by atomic mass is 9.87. The monoisotopic (exact) mass is 426 g/mol. The van der Waals surface area contributed by atoms with Gasteiger partial charge in [0.1, 0.15) is 11.0 Å². The lowest BCUT2D eigenvalue weighted by molar-refractivity contribution is 0.101. The van der Waals surface area contributed by atoms with Crippen LogP contribution in [0.5, 0.6) is 0 Å². The molecule has 1 aromatic heterocycles. The average Bonchev–Trinajstić information content (AvgIpc) is 2.63. The van der Waals surface area contributed by atoms with Gasteiger partial charge in [-0.05, 0) is 57.7 Å². The Morgan fingerprint density at radius 3 is 2.71 bits per heavy atom. The molecule has 0 amide bonds. The first-order valence-corrected chi connectivity index (χ1v) is 10.0. The molecule has 28 heavy (non-hydrogen) atoms. The number of halogens is 4. The normalized spacial score (nSPS) is 20.4. The molecule has 1 unspecified atom stereocenters. The first-order chi connectivity index (χ1) is 13.3. The predicted octanol–water partition coefficient (Wildman–Crippen LogP) is 5.71. The Hall–Kier alpha value is -1.56. The molecule has 2 aromatic rings. The molecule has 0 radical (unpaired) electrons. The summed E-state index contributed by atoms with van der Waals surface area (Å²) in [6.07, 6.45) is 2.08. The number of nitrogens with zero attached hydrogens (tertiary/aromatic N) is 2. The Morgan fingerprint density at radius 1 is 1.29 bits per heavy atom. The van der Waals surface area contributed by atoms with E-state index in [1.165, 1.54) is 19.1 Å². The first kappa shape index (κ1) is 21.2. The van der Waals surface area contributed by atoms with Crippen molar-refractivity contribution in [1.82, 2.24) is 9.88 Å². The third-order valence-electron chi connectivity index (χ3n) is 5.38. The molecule has 0 aliphatic carbocycles. The van der Waals surface area contributed by atoms with Crippen molar-refractivity contribution in [3.05, 3.63) is 62.9 Å². The fourth-order valence-electron chi connectivity index (χ4n) is 3.84. The molecule has 1 aliphatic rings. The minimum atomic E-state index is -0.576. The van der Waals surface area contributed by atoms with Crippen LogP contribution in [0.15, 0.2) is 24.3 Å². The van der Waals surface area contributed by atoms with Gasteiger partial charge in [0, 0.05) is 18.2 Å². The number of rotatable bonds is 5. The number of hydrogen-bond acceptors (Lipinski definition) is 3. The Bertz CT molecular complexity index is 891. The second-order valence-corrected chi connectivity index (χ2v) is 8.23. The van der Waals surface area contributed by atoms with E-state index >= 15 is 0 Å². The summed E-state index contributed by atoms with van der Waals surface area (Å²) >= 11 is 11.8. The summed E-state index contributed by atoms with van der Waals surface area (Å²) in [7, 11) is 0. The lowest BCUT2D eigenvalue weighted by Crippen LogP contribution is -2.41. The smallest absolute Gasteiger partial charge is 0.162 e. The quantitative estimate of drug-likeness (QED) is 0.453. The van der Waals surface area contributed by atoms with Gasteiger partial charge in [-0.15, -0.1) is 0 Å². The van der Waals surface area contributed by atoms with Gasteiger partial charge in [0.05, 0.1) is 16.3 Å². The number of benzene rings is 1. The lowest BCUT2D eigenvalue weighted by Gasteiger charge is -2.38. The van der Waals surface area contributed by atoms with Gasteiger partial charge in [0.15, 0.2) is 11.6 Å². The molecule has 0 spiro atoms. The van der Waals surface area contributed by atoms with Gasteiger partial charge < -0.3 is 0 Å². The summed E-state index contributed by atoms with van der Waals surface area (Å²) in [5.74, 6) is -1.10. The van der Waals surface area contributed by atoms with Crippen molar-refractivity contribution in [2.75, 3.05) is 6.54 Å². The van der Waals surface area contributed by atoms with Crippen LogP contribution in [0, 0.1) is 17.6 Å². The molecule has 3 rings (SSSR count). The Kier molecular flexibility index (Phi) is 6.69. The van der Waals surface area contributed by atoms with E-state index in [0.29, 0.717) is 18.5 Å². The molecule has 150 valence electrons. The van der Waals surface area contributed by atoms with E-state index in [1.807, 2.05) is 0 Å². The highest BCUT2D eigenvalue weighted by Gasteiger charge is 2.28. The maximum Gasteiger partial charge on any atom is 0.162 e. The molecule has 2 atom stereocenters. The van der Waals surface area contributed by atoms with E-state index in [9.17, 15) is 13.6 Å². The number of carbonyl (C=O) groups is 1. The van der Waals surface area contributed by atoms with Crippen LogP contribution in [0.25, 0.3) is 0 Å². The maximum atomic E-state index is 14.6. The third kappa shape index (κ3) is 4.70. The van der Waals surface area contributed by atoms with Crippen LogP contribution in [0.1, 0.15) is 48.3 Å². The van der Waals surface area contributed by atoms with Crippen molar-refractivity contribution >= 4 is 29.0 Å². The fourth-order valence-corrected chi connectivity index (χ4v) is 4.25. The van der Waals surface area contributed by atoms with E-state index in [1.54, 1.807) is 12.1 Å². The average molecular weight is 427 g/mol. The Labute approximate surface area is 173 Å². The van der Waals surface area contributed by atoms with Gasteiger partial charge in [-0.1, -0.05) is 35.3 Å². The molecule has 1 fully saturated rings. The molecule has 0 N–H and O–H groups in total. The molecule has 1 aromatic carbocycles. The van der Waals surface area contributed by atoms with Gasteiger partial charge in [-0.25, -0.2) is 13.8 Å². The topological polar surface area (TPSA) is 33.2 Å². The molecule has 1 aliphatic heterocycles. The minimum absolute atomic E-state index is 0.0167. The van der Waals surface area contributed by atoms with Crippen LogP contribution in [0.3, 0.4) is 0 Å². The number of ketones is 1. The molecule has 1 saturated heterocycles. The number of piperidine rings is 1. The van der Waals surface area contributed by atoms with E-state index in [-0.39, 0.29) is 45.0 Å². The summed E-state index contributed by atoms with van der Waals surface area (Å²) in [6.45, 7) is 4.64. The Balaban J connectivity index is 1.68. The number of aromatic nitrogens is 1. The van der Waals surface area contributed by atoms with Crippen molar-refractivity contribution in [2.45, 2.75) is 45.7 Å². The van der Waals surface area contributed by atoms with Crippen LogP contribution >= 0.6 is 23.2 Å². The molecule has 2 heterocycles. The van der Waals surface area contributed by atoms with Crippen LogP contribution in [0.4, 0.5) is 8.78 Å². The fraction of sp³-hybridized carbons (Fsp3) is 0.429. The zero-order chi connectivity index (χ0) is 20.4. The summed E-state index contributed by atoms with van der Waals surface area (Å²) in [4.78, 5) is 17.9. The van der Waals surface area contributed by atoms with Crippen molar-refractivity contribution in [3.63, 3.8) is 0 Å². The highest BCUT2D eigenvalue weighted by Crippen LogP contribution is 2.30. The third-order valence-corrected chi connectivity index (χ3v) is 5.87. The van der Waals surface area contributed by atoms with Crippen molar-refractivity contribution in [2.24, 2.45) is 5.92 Å². The standard InChI is InChI=1S/C21H22Cl2F2N2O/c1-12-8-14(9-18-21(25)16(13(2)28)10-19(23)26-18)6-7-27(12)11-15-4-3-5-17(22)20(15)24/h3-5,10,12,14H,6-9,11H2,1-2H3/t12-,14?/m1/s1. The molecular formula is C21H22Cl2F2N2O. The summed E-state index contributed by atoms with van der Waals surface area (Å²) in [5.41, 5.74) is 0.799. The Morgan fingerprint density at radius 2 is 2.04 bits per heavy atom. The summed E-state index contributed by atoms with van der Waals surface area (Å²) in [5, 5.41) is 0.257. The van der Waals surface area contributed by atoms with E-state index in [0.717, 1.165) is 19.4 Å². The van der Waals surface area contributed by atoms with E-state index < -0.39 is 5.82 Å². The van der Waals surface area contributed by atoms with Crippen molar-refractivity contribution in [3.8, 4) is 0 Å². The van der Waals surface area contributed by atoms with E-state index in [2.05, 4.69) is 16.8 Å².